The van der Waals surface area contributed by atoms with Gasteiger partial charge < -0.3 is 15.0 Å². The molecule has 1 saturated heterocycles. The molecule has 21 heavy (non-hydrogen) atoms. The maximum atomic E-state index is 5.83. The lowest BCUT2D eigenvalue weighted by atomic mass is 10.1. The van der Waals surface area contributed by atoms with E-state index in [4.69, 9.17) is 9.72 Å². The minimum absolute atomic E-state index is 0.0699. The number of hydrogen-bond donors (Lipinski definition) is 1. The summed E-state index contributed by atoms with van der Waals surface area (Å²) in [5.41, 5.74) is 2.00. The number of nitrogens with one attached hydrogen (secondary N) is 1. The summed E-state index contributed by atoms with van der Waals surface area (Å²) >= 11 is 0. The molecule has 0 radical (unpaired) electrons. The Morgan fingerprint density at radius 2 is 2.05 bits per heavy atom. The van der Waals surface area contributed by atoms with Gasteiger partial charge in [0.25, 0.3) is 0 Å². The lowest BCUT2D eigenvalue weighted by Crippen LogP contribution is -2.36. The molecule has 0 amide bonds. The predicted octanol–water partition coefficient (Wildman–Crippen LogP) is 2.19. The second-order valence-electron chi connectivity index (χ2n) is 5.23. The Balaban J connectivity index is 1.97. The molecule has 1 aliphatic heterocycles. The van der Waals surface area contributed by atoms with Crippen molar-refractivity contribution in [3.05, 3.63) is 42.2 Å². The molecule has 0 bridgehead atoms. The first kappa shape index (κ1) is 14.0. The van der Waals surface area contributed by atoms with Gasteiger partial charge in [0, 0.05) is 31.8 Å². The van der Waals surface area contributed by atoms with Crippen molar-refractivity contribution in [1.29, 1.82) is 0 Å². The van der Waals surface area contributed by atoms with Gasteiger partial charge in [-0.15, -0.1) is 0 Å². The van der Waals surface area contributed by atoms with Crippen molar-refractivity contribution in [2.24, 2.45) is 0 Å². The van der Waals surface area contributed by atoms with Crippen molar-refractivity contribution >= 4 is 5.82 Å². The number of hydrogen-bond acceptors (Lipinski definition) is 5. The normalized spacial score (nSPS) is 19.4. The van der Waals surface area contributed by atoms with Crippen LogP contribution in [0, 0.1) is 0 Å². The Morgan fingerprint density at radius 1 is 1.24 bits per heavy atom. The Morgan fingerprint density at radius 3 is 2.76 bits per heavy atom. The lowest BCUT2D eigenvalue weighted by molar-refractivity contribution is -0.0253. The summed E-state index contributed by atoms with van der Waals surface area (Å²) in [6.45, 7) is 2.49. The van der Waals surface area contributed by atoms with E-state index < -0.39 is 0 Å². The van der Waals surface area contributed by atoms with Crippen LogP contribution in [0.15, 0.2) is 36.4 Å². The molecule has 1 N–H and O–H groups in total. The van der Waals surface area contributed by atoms with E-state index in [1.165, 1.54) is 0 Å². The van der Waals surface area contributed by atoms with Gasteiger partial charge in [0.2, 0.25) is 0 Å². The molecule has 3 rings (SSSR count). The zero-order chi connectivity index (χ0) is 14.7. The van der Waals surface area contributed by atoms with E-state index in [1.54, 1.807) is 0 Å². The van der Waals surface area contributed by atoms with E-state index in [1.807, 2.05) is 31.3 Å². The second-order valence-corrected chi connectivity index (χ2v) is 5.23. The minimum Gasteiger partial charge on any atom is -0.373 e. The smallest absolute Gasteiger partial charge is 0.161 e. The fourth-order valence-electron chi connectivity index (χ4n) is 2.43. The first-order valence-electron chi connectivity index (χ1n) is 7.18. The highest BCUT2D eigenvalue weighted by Crippen LogP contribution is 2.24. The number of nitrogens with zero attached hydrogens (tertiary/aromatic N) is 3. The molecule has 110 valence electrons. The van der Waals surface area contributed by atoms with E-state index >= 15 is 0 Å². The Bertz CT molecular complexity index is 602. The van der Waals surface area contributed by atoms with Crippen molar-refractivity contribution in [3.63, 3.8) is 0 Å². The van der Waals surface area contributed by atoms with Crippen LogP contribution in [0.1, 0.15) is 11.9 Å². The van der Waals surface area contributed by atoms with Gasteiger partial charge >= 0.3 is 0 Å². The Hall–Kier alpha value is -1.98. The van der Waals surface area contributed by atoms with Crippen LogP contribution in [0.4, 0.5) is 5.82 Å². The van der Waals surface area contributed by atoms with Gasteiger partial charge in [0.15, 0.2) is 5.82 Å². The molecule has 1 aliphatic rings. The lowest BCUT2D eigenvalue weighted by Gasteiger charge is -2.29. The van der Waals surface area contributed by atoms with Gasteiger partial charge in [0.05, 0.1) is 12.3 Å². The van der Waals surface area contributed by atoms with E-state index in [2.05, 4.69) is 34.4 Å². The molecule has 0 spiro atoms. The van der Waals surface area contributed by atoms with Gasteiger partial charge in [-0.05, 0) is 7.05 Å². The molecule has 1 unspecified atom stereocenters. The number of aromatic nitrogens is 2. The molecule has 1 aromatic heterocycles. The van der Waals surface area contributed by atoms with Crippen LogP contribution in [-0.4, -0.2) is 48.7 Å². The number of benzene rings is 1. The number of morpholine rings is 1. The first-order chi connectivity index (χ1) is 10.3. The van der Waals surface area contributed by atoms with Crippen molar-refractivity contribution < 1.29 is 4.74 Å². The highest BCUT2D eigenvalue weighted by atomic mass is 16.5. The molecule has 1 fully saturated rings. The highest BCUT2D eigenvalue weighted by molar-refractivity contribution is 5.62. The van der Waals surface area contributed by atoms with Crippen molar-refractivity contribution in [3.8, 4) is 11.3 Å². The van der Waals surface area contributed by atoms with E-state index in [-0.39, 0.29) is 6.10 Å². The van der Waals surface area contributed by atoms with Gasteiger partial charge in [-0.25, -0.2) is 9.97 Å². The largest absolute Gasteiger partial charge is 0.373 e. The van der Waals surface area contributed by atoms with E-state index in [0.29, 0.717) is 0 Å². The molecular formula is C16H20N4O. The quantitative estimate of drug-likeness (QED) is 0.936. The maximum Gasteiger partial charge on any atom is 0.161 e. The standard InChI is InChI=1S/C16H20N4O/c1-17-15-10-13(12-6-4-3-5-7-12)18-16(19-15)14-11-20(2)8-9-21-14/h3-7,10,14H,8-9,11H2,1-2H3,(H,17,18,19). The fourth-order valence-corrected chi connectivity index (χ4v) is 2.43. The molecule has 5 nitrogen and oxygen atoms in total. The topological polar surface area (TPSA) is 50.3 Å². The van der Waals surface area contributed by atoms with Crippen LogP contribution < -0.4 is 5.32 Å². The second kappa shape index (κ2) is 6.20. The summed E-state index contributed by atoms with van der Waals surface area (Å²) in [5.74, 6) is 1.56. The predicted molar refractivity (Wildman–Crippen MR) is 83.2 cm³/mol. The summed E-state index contributed by atoms with van der Waals surface area (Å²) in [6, 6.07) is 12.1. The monoisotopic (exact) mass is 284 g/mol. The van der Waals surface area contributed by atoms with Crippen LogP contribution >= 0.6 is 0 Å². The highest BCUT2D eigenvalue weighted by Gasteiger charge is 2.23. The summed E-state index contributed by atoms with van der Waals surface area (Å²) in [7, 11) is 3.96. The number of ether oxygens (including phenoxy) is 1. The third-order valence-electron chi connectivity index (χ3n) is 3.63. The van der Waals surface area contributed by atoms with Crippen LogP contribution in [0.25, 0.3) is 11.3 Å². The van der Waals surface area contributed by atoms with Crippen LogP contribution in [0.3, 0.4) is 0 Å². The number of rotatable bonds is 3. The van der Waals surface area contributed by atoms with Crippen LogP contribution in [0.2, 0.25) is 0 Å². The third-order valence-corrected chi connectivity index (χ3v) is 3.63. The molecule has 0 saturated carbocycles. The maximum absolute atomic E-state index is 5.83. The molecular weight excluding hydrogens is 264 g/mol. The van der Waals surface area contributed by atoms with E-state index in [0.717, 1.165) is 42.6 Å². The van der Waals surface area contributed by atoms with Crippen molar-refractivity contribution in [2.45, 2.75) is 6.10 Å². The van der Waals surface area contributed by atoms with Gasteiger partial charge in [-0.1, -0.05) is 30.3 Å². The molecule has 2 heterocycles. The van der Waals surface area contributed by atoms with E-state index in [9.17, 15) is 0 Å². The van der Waals surface area contributed by atoms with Crippen molar-refractivity contribution in [2.75, 3.05) is 39.1 Å². The summed E-state index contributed by atoms with van der Waals surface area (Å²) in [4.78, 5) is 11.5. The van der Waals surface area contributed by atoms with Crippen LogP contribution in [0.5, 0.6) is 0 Å². The number of likely N-dealkylation sites (N-methyl/N-ethyl adjacent to an activating group) is 1. The fraction of sp³-hybridized carbons (Fsp3) is 0.375. The summed E-state index contributed by atoms with van der Waals surface area (Å²) in [5, 5.41) is 3.11. The average Bonchev–Trinajstić information content (AvgIpc) is 2.55. The first-order valence-corrected chi connectivity index (χ1v) is 7.18. The Labute approximate surface area is 125 Å². The number of anilines is 1. The summed E-state index contributed by atoms with van der Waals surface area (Å²) in [6.07, 6.45) is -0.0699. The van der Waals surface area contributed by atoms with Crippen molar-refractivity contribution in [1.82, 2.24) is 14.9 Å². The molecule has 0 aliphatic carbocycles. The van der Waals surface area contributed by atoms with Gasteiger partial charge in [-0.2, -0.15) is 0 Å². The molecule has 1 atom stereocenters. The zero-order valence-electron chi connectivity index (χ0n) is 12.4. The average molecular weight is 284 g/mol. The molecule has 2 aromatic rings. The Kier molecular flexibility index (Phi) is 4.13. The summed E-state index contributed by atoms with van der Waals surface area (Å²) < 4.78 is 5.83. The van der Waals surface area contributed by atoms with Gasteiger partial charge in [0.1, 0.15) is 11.9 Å². The SMILES string of the molecule is CNc1cc(-c2ccccc2)nc(C2CN(C)CCO2)n1. The zero-order valence-corrected chi connectivity index (χ0v) is 12.4. The van der Waals surface area contributed by atoms with Crippen LogP contribution in [-0.2, 0) is 4.74 Å². The molecule has 5 heteroatoms. The molecule has 1 aromatic carbocycles. The minimum atomic E-state index is -0.0699. The third kappa shape index (κ3) is 3.20. The van der Waals surface area contributed by atoms with Gasteiger partial charge in [-0.3, -0.25) is 0 Å².